The maximum absolute atomic E-state index is 15.2. The van der Waals surface area contributed by atoms with Crippen molar-refractivity contribution in [1.82, 2.24) is 69.3 Å². The summed E-state index contributed by atoms with van der Waals surface area (Å²) in [7, 11) is 2.84. The molecule has 4 aliphatic rings. The van der Waals surface area contributed by atoms with Crippen LogP contribution in [-0.2, 0) is 14.1 Å². The van der Waals surface area contributed by atoms with Crippen LogP contribution in [0.5, 0.6) is 11.5 Å². The highest BCUT2D eigenvalue weighted by atomic mass is 127. The van der Waals surface area contributed by atoms with Crippen LogP contribution in [0.2, 0.25) is 0 Å². The van der Waals surface area contributed by atoms with Crippen molar-refractivity contribution in [1.29, 1.82) is 0 Å². The Kier molecular flexibility index (Phi) is 19.9. The lowest BCUT2D eigenvalue weighted by molar-refractivity contribution is 0.0499. The number of anilines is 6. The summed E-state index contributed by atoms with van der Waals surface area (Å²) in [5, 5.41) is 55.6. The van der Waals surface area contributed by atoms with Crippen LogP contribution in [0.25, 0.3) is 21.1 Å². The van der Waals surface area contributed by atoms with Crippen molar-refractivity contribution in [2.24, 2.45) is 14.1 Å². The van der Waals surface area contributed by atoms with Crippen LogP contribution < -0.4 is 37.4 Å². The minimum Gasteiger partial charge on any atom is -0.506 e. The molecule has 7 N–H and O–H groups in total. The van der Waals surface area contributed by atoms with Gasteiger partial charge in [0.1, 0.15) is 41.1 Å². The van der Waals surface area contributed by atoms with E-state index in [4.69, 9.17) is 23.0 Å². The molecule has 0 radical (unpaired) electrons. The number of aliphatic hydroxyl groups is 2. The molecular weight excluding hydrogens is 1180 g/mol. The number of alkyl halides is 1. The van der Waals surface area contributed by atoms with Crippen molar-refractivity contribution in [3.05, 3.63) is 92.1 Å². The van der Waals surface area contributed by atoms with Gasteiger partial charge in [-0.2, -0.15) is 18.7 Å². The van der Waals surface area contributed by atoms with E-state index in [1.165, 1.54) is 58.4 Å². The molecule has 0 unspecified atom stereocenters. The molecule has 6 aromatic rings. The van der Waals surface area contributed by atoms with Crippen molar-refractivity contribution >= 4 is 68.9 Å². The van der Waals surface area contributed by atoms with Crippen molar-refractivity contribution in [2.45, 2.75) is 148 Å². The van der Waals surface area contributed by atoms with Gasteiger partial charge in [0, 0.05) is 78.3 Å². The quantitative estimate of drug-likeness (QED) is 0.0252. The summed E-state index contributed by atoms with van der Waals surface area (Å²) < 4.78 is 40.1. The molecule has 4 aliphatic heterocycles. The Morgan fingerprint density at radius 2 is 1.17 bits per heavy atom. The number of halogens is 3. The molecule has 4 aromatic heterocycles. The molecule has 29 heteroatoms. The van der Waals surface area contributed by atoms with Crippen LogP contribution >= 0.6 is 22.6 Å². The molecule has 440 valence electrons. The van der Waals surface area contributed by atoms with Crippen molar-refractivity contribution in [2.75, 3.05) is 45.4 Å². The summed E-state index contributed by atoms with van der Waals surface area (Å²) in [5.41, 5.74) is -0.643. The molecule has 0 aliphatic carbocycles. The second kappa shape index (κ2) is 26.2. The van der Waals surface area contributed by atoms with Gasteiger partial charge in [-0.1, -0.05) is 30.0 Å². The van der Waals surface area contributed by atoms with E-state index >= 15 is 4.39 Å². The first-order valence-corrected chi connectivity index (χ1v) is 28.0. The zero-order valence-electron chi connectivity index (χ0n) is 46.3. The summed E-state index contributed by atoms with van der Waals surface area (Å²) in [6.07, 6.45) is 10.2. The van der Waals surface area contributed by atoms with Gasteiger partial charge in [0.15, 0.2) is 11.6 Å². The molecule has 2 aromatic carbocycles. The predicted molar refractivity (Wildman–Crippen MR) is 313 cm³/mol. The molecule has 0 amide bonds. The number of piperidine rings is 2. The lowest BCUT2D eigenvalue weighted by Crippen LogP contribution is -2.55. The van der Waals surface area contributed by atoms with Crippen LogP contribution in [0.4, 0.5) is 55.1 Å². The van der Waals surface area contributed by atoms with Crippen LogP contribution in [-0.4, -0.2) is 156 Å². The lowest BCUT2D eigenvalue weighted by Gasteiger charge is -2.48. The van der Waals surface area contributed by atoms with E-state index < -0.39 is 34.9 Å². The smallest absolute Gasteiger partial charge is 0.368 e. The average Bonchev–Trinajstić information content (AvgIpc) is 4.26. The van der Waals surface area contributed by atoms with Crippen LogP contribution in [0.15, 0.2) is 46.2 Å². The number of nitrogens with zero attached hydrogens (tertiary/aromatic N) is 16. The fourth-order valence-electron chi connectivity index (χ4n) is 11.0. The first-order valence-electron chi connectivity index (χ1n) is 26.5. The number of hydrogen-bond donors (Lipinski definition) is 7. The van der Waals surface area contributed by atoms with E-state index in [1.807, 2.05) is 0 Å². The Balaban J connectivity index is 0.000000217. The van der Waals surface area contributed by atoms with E-state index in [9.17, 15) is 24.2 Å². The Labute approximate surface area is 487 Å². The van der Waals surface area contributed by atoms with Crippen LogP contribution in [0, 0.1) is 24.8 Å². The Hall–Kier alpha value is -7.45. The Bertz CT molecular complexity index is 3430. The maximum atomic E-state index is 15.2. The number of hydrogen-bond acceptors (Lipinski definition) is 20. The standard InChI is InChI=1S/C26H33FN10O3.C23H27FN10O2.C3H7IO.CH4/c1-15(38)14-40-22-10-18(27)19(11-21(22)37-25(39)35(5)33-34-37)31-24-29-13-20(28-4)23(32-24)30-16-9-17-7-6-8-36(17)26(2,3)12-16;1-23(2)11-13(8-14-6-5-7-33(14)23)27-20-17(25-3)12-26-21(29-20)28-16-10-18(19(35)9-15(16)24)34-22(36)32(4)30-31-34;1-3(5)2-4;/h10-11,13,15-17,38H,6-9,12,14H2,1-3,5H3,(H2,29,30,31,32);9-10,12-14,35H,5-8,11H2,1-2,4H3,(H2,26,27,28,29);3,5H,2H2,1H3;1H4/t15-,16-,17+;13-,14+;3-;/m111./s1. The molecule has 6 atom stereocenters. The number of ether oxygens (including phenoxy) is 1. The van der Waals surface area contributed by atoms with Crippen molar-refractivity contribution in [3.8, 4) is 22.9 Å². The minimum atomic E-state index is -0.820. The first-order chi connectivity index (χ1) is 38.5. The number of aliphatic hydroxyl groups excluding tert-OH is 2. The third-order valence-electron chi connectivity index (χ3n) is 14.6. The van der Waals surface area contributed by atoms with Gasteiger partial charge in [-0.05, 0) is 139 Å². The maximum Gasteiger partial charge on any atom is 0.368 e. The van der Waals surface area contributed by atoms with Gasteiger partial charge in [-0.25, -0.2) is 48.0 Å². The normalized spacial score (nSPS) is 20.4. The summed E-state index contributed by atoms with van der Waals surface area (Å²) >= 11 is 2.13. The van der Waals surface area contributed by atoms with Gasteiger partial charge in [0.25, 0.3) is 0 Å². The molecular formula is C53H71F2IN20O6. The number of fused-ring (bicyclic) bond motifs is 2. The van der Waals surface area contributed by atoms with Gasteiger partial charge in [0.2, 0.25) is 23.3 Å². The van der Waals surface area contributed by atoms with Crippen molar-refractivity contribution < 1.29 is 28.8 Å². The third-order valence-corrected chi connectivity index (χ3v) is 15.9. The predicted octanol–water partition coefficient (Wildman–Crippen LogP) is 6.92. The number of nitrogens with one attached hydrogen (secondary N) is 4. The number of rotatable bonds is 14. The minimum absolute atomic E-state index is 0. The zero-order valence-corrected chi connectivity index (χ0v) is 48.4. The van der Waals surface area contributed by atoms with Crippen molar-refractivity contribution in [3.63, 3.8) is 0 Å². The first kappa shape index (κ1) is 62.2. The molecule has 26 nitrogen and oxygen atoms in total. The number of phenols is 1. The van der Waals surface area contributed by atoms with Gasteiger partial charge in [-0.3, -0.25) is 9.80 Å². The molecule has 4 fully saturated rings. The Morgan fingerprint density at radius 1 is 0.732 bits per heavy atom. The summed E-state index contributed by atoms with van der Waals surface area (Å²) in [4.78, 5) is 54.4. The fraction of sp³-hybridized carbons (Fsp3) is 0.547. The number of aromatic nitrogens is 12. The van der Waals surface area contributed by atoms with E-state index in [-0.39, 0.29) is 95.1 Å². The molecule has 82 heavy (non-hydrogen) atoms. The van der Waals surface area contributed by atoms with Gasteiger partial charge < -0.3 is 41.3 Å². The summed E-state index contributed by atoms with van der Waals surface area (Å²) in [6.45, 7) is 29.5. The molecule has 0 bridgehead atoms. The zero-order chi connectivity index (χ0) is 58.5. The van der Waals surface area contributed by atoms with E-state index in [2.05, 4.69) is 132 Å². The topological polar surface area (TPSA) is 290 Å². The molecule has 4 saturated heterocycles. The number of tetrazole rings is 2. The lowest BCUT2D eigenvalue weighted by atomic mass is 9.84. The SMILES string of the molecule is C.C[C@@H](O)CI.[C-]#[N+]c1cnc(Nc2cc(-n3nnn(C)c3=O)c(O)cc2F)nc1N[C@@H]1C[C@@H]2CCCN2C(C)(C)C1.[C-]#[N+]c1cnc(Nc2cc(-n3nnn(C)c3=O)c(OC[C@@H](C)O)cc2F)nc1N[C@@H]1C[C@@H]2CCCN2C(C)(C)C1. The molecule has 0 spiro atoms. The highest BCUT2D eigenvalue weighted by molar-refractivity contribution is 14.1. The number of aromatic hydroxyl groups is 1. The monoisotopic (exact) mass is 1250 g/mol. The second-order valence-electron chi connectivity index (χ2n) is 21.9. The molecule has 0 saturated carbocycles. The second-order valence-corrected chi connectivity index (χ2v) is 22.8. The Morgan fingerprint density at radius 3 is 1.59 bits per heavy atom. The van der Waals surface area contributed by atoms with Gasteiger partial charge >= 0.3 is 11.4 Å². The molecule has 10 rings (SSSR count). The van der Waals surface area contributed by atoms with Crippen LogP contribution in [0.1, 0.15) is 100 Å². The summed E-state index contributed by atoms with van der Waals surface area (Å²) in [6, 6.07) is 5.74. The fourth-order valence-corrected chi connectivity index (χ4v) is 11.0. The highest BCUT2D eigenvalue weighted by Gasteiger charge is 2.44. The average molecular weight is 1250 g/mol. The highest BCUT2D eigenvalue weighted by Crippen LogP contribution is 2.41. The van der Waals surface area contributed by atoms with Crippen LogP contribution in [0.3, 0.4) is 0 Å². The summed E-state index contributed by atoms with van der Waals surface area (Å²) in [5.74, 6) is -1.08. The largest absolute Gasteiger partial charge is 0.506 e. The number of phenolic OH excluding ortho intramolecular Hbond substituents is 1. The third kappa shape index (κ3) is 14.2. The van der Waals surface area contributed by atoms with E-state index in [0.29, 0.717) is 23.7 Å². The van der Waals surface area contributed by atoms with E-state index in [1.54, 1.807) is 6.92 Å². The van der Waals surface area contributed by atoms with Gasteiger partial charge in [-0.15, -0.1) is 0 Å². The number of benzene rings is 2. The molecule has 8 heterocycles. The van der Waals surface area contributed by atoms with E-state index in [0.717, 1.165) is 86.9 Å². The number of aryl methyl sites for hydroxylation is 2. The van der Waals surface area contributed by atoms with Gasteiger partial charge in [0.05, 0.1) is 36.7 Å².